The fourth-order valence-electron chi connectivity index (χ4n) is 3.46. The van der Waals surface area contributed by atoms with Crippen LogP contribution in [0.4, 0.5) is 0 Å². The van der Waals surface area contributed by atoms with Crippen LogP contribution in [0.3, 0.4) is 0 Å². The van der Waals surface area contributed by atoms with E-state index in [1.807, 2.05) is 38.1 Å². The number of rotatable bonds is 9. The van der Waals surface area contributed by atoms with Gasteiger partial charge in [0.2, 0.25) is 0 Å². The summed E-state index contributed by atoms with van der Waals surface area (Å²) in [5.41, 5.74) is 2.02. The summed E-state index contributed by atoms with van der Waals surface area (Å²) in [6, 6.07) is 12.5. The topological polar surface area (TPSA) is 51.0 Å². The molecular formula is C22H28N4OS2. The normalized spacial score (nSPS) is 12.5. The van der Waals surface area contributed by atoms with Gasteiger partial charge in [0.25, 0.3) is 0 Å². The molecule has 0 fully saturated rings. The number of aryl methyl sites for hydroxylation is 2. The van der Waals surface area contributed by atoms with E-state index in [9.17, 15) is 4.79 Å². The molecule has 7 heteroatoms. The number of aromatic nitrogens is 3. The fourth-order valence-corrected chi connectivity index (χ4v) is 5.23. The van der Waals surface area contributed by atoms with Crippen molar-refractivity contribution in [2.24, 2.45) is 0 Å². The molecule has 0 saturated carbocycles. The van der Waals surface area contributed by atoms with Crippen molar-refractivity contribution in [3.63, 3.8) is 0 Å². The summed E-state index contributed by atoms with van der Waals surface area (Å²) in [4.78, 5) is 17.2. The predicted molar refractivity (Wildman–Crippen MR) is 121 cm³/mol. The van der Waals surface area contributed by atoms with Gasteiger partial charge in [-0.05, 0) is 46.0 Å². The van der Waals surface area contributed by atoms with Crippen LogP contribution in [0.5, 0.6) is 0 Å². The lowest BCUT2D eigenvalue weighted by Crippen LogP contribution is -2.23. The van der Waals surface area contributed by atoms with Crippen LogP contribution in [-0.4, -0.2) is 45.3 Å². The van der Waals surface area contributed by atoms with E-state index in [1.54, 1.807) is 11.3 Å². The molecule has 0 N–H and O–H groups in total. The number of hydrogen-bond donors (Lipinski definition) is 0. The number of thioether (sulfide) groups is 1. The van der Waals surface area contributed by atoms with Gasteiger partial charge in [0.15, 0.2) is 16.8 Å². The average Bonchev–Trinajstić information content (AvgIpc) is 3.23. The van der Waals surface area contributed by atoms with Gasteiger partial charge < -0.3 is 4.57 Å². The average molecular weight is 429 g/mol. The van der Waals surface area contributed by atoms with E-state index in [2.05, 4.69) is 52.8 Å². The highest BCUT2D eigenvalue weighted by Crippen LogP contribution is 2.28. The van der Waals surface area contributed by atoms with Gasteiger partial charge in [-0.25, -0.2) is 0 Å². The lowest BCUT2D eigenvalue weighted by molar-refractivity contribution is 0.102. The quantitative estimate of drug-likeness (QED) is 0.355. The van der Waals surface area contributed by atoms with Crippen LogP contribution in [0, 0.1) is 13.8 Å². The summed E-state index contributed by atoms with van der Waals surface area (Å²) >= 11 is 3.14. The van der Waals surface area contributed by atoms with E-state index in [0.29, 0.717) is 12.3 Å². The molecule has 2 heterocycles. The Hall–Kier alpha value is -1.96. The minimum atomic E-state index is 0.146. The minimum absolute atomic E-state index is 0.146. The number of thiophene rings is 1. The van der Waals surface area contributed by atoms with E-state index in [0.717, 1.165) is 27.8 Å². The molecule has 154 valence electrons. The monoisotopic (exact) mass is 428 g/mol. The summed E-state index contributed by atoms with van der Waals surface area (Å²) in [5.74, 6) is 1.45. The Labute approximate surface area is 181 Å². The predicted octanol–water partition coefficient (Wildman–Crippen LogP) is 4.99. The van der Waals surface area contributed by atoms with Gasteiger partial charge in [-0.3, -0.25) is 9.69 Å². The summed E-state index contributed by atoms with van der Waals surface area (Å²) in [7, 11) is 4.13. The lowest BCUT2D eigenvalue weighted by atomic mass is 10.2. The van der Waals surface area contributed by atoms with Crippen LogP contribution in [-0.2, 0) is 6.54 Å². The first-order valence-electron chi connectivity index (χ1n) is 9.77. The van der Waals surface area contributed by atoms with Crippen molar-refractivity contribution in [1.82, 2.24) is 19.7 Å². The van der Waals surface area contributed by atoms with Gasteiger partial charge in [0.1, 0.15) is 0 Å². The minimum Gasteiger partial charge on any atom is -0.300 e. The van der Waals surface area contributed by atoms with Crippen molar-refractivity contribution in [3.05, 3.63) is 63.1 Å². The number of carbonyl (C=O) groups excluding carboxylic acids is 1. The zero-order chi connectivity index (χ0) is 21.0. The van der Waals surface area contributed by atoms with E-state index in [-0.39, 0.29) is 11.8 Å². The third-order valence-electron chi connectivity index (χ3n) is 4.91. The number of benzene rings is 1. The number of Topliss-reactive ketones (excluding diaryl/α,β-unsaturated/α-hetero) is 1. The largest absolute Gasteiger partial charge is 0.300 e. The van der Waals surface area contributed by atoms with Crippen LogP contribution in [0.15, 0.2) is 41.6 Å². The Morgan fingerprint density at radius 1 is 1.21 bits per heavy atom. The Morgan fingerprint density at radius 3 is 2.52 bits per heavy atom. The van der Waals surface area contributed by atoms with E-state index >= 15 is 0 Å². The van der Waals surface area contributed by atoms with Crippen LogP contribution < -0.4 is 0 Å². The maximum absolute atomic E-state index is 12.7. The Bertz CT molecular complexity index is 963. The number of ketones is 1. The van der Waals surface area contributed by atoms with Gasteiger partial charge in [-0.2, -0.15) is 0 Å². The molecule has 1 atom stereocenters. The molecule has 0 aliphatic rings. The van der Waals surface area contributed by atoms with Gasteiger partial charge in [-0.15, -0.1) is 21.5 Å². The first-order valence-corrected chi connectivity index (χ1v) is 11.6. The molecule has 2 aromatic heterocycles. The molecule has 1 aromatic carbocycles. The second kappa shape index (κ2) is 9.69. The van der Waals surface area contributed by atoms with Gasteiger partial charge in [0.05, 0.1) is 18.3 Å². The maximum Gasteiger partial charge on any atom is 0.192 e. The summed E-state index contributed by atoms with van der Waals surface area (Å²) in [6.07, 6.45) is 0.941. The van der Waals surface area contributed by atoms with E-state index < -0.39 is 0 Å². The van der Waals surface area contributed by atoms with Gasteiger partial charge >= 0.3 is 0 Å². The SMILES string of the molecule is CCC(c1nnc(SCC(=O)c2cc(C)sc2C)n1Cc1ccccc1)N(C)C. The molecule has 0 radical (unpaired) electrons. The zero-order valence-corrected chi connectivity index (χ0v) is 19.3. The van der Waals surface area contributed by atoms with Crippen LogP contribution in [0.2, 0.25) is 0 Å². The molecule has 3 aromatic rings. The number of carbonyl (C=O) groups is 1. The molecule has 0 aliphatic heterocycles. The molecule has 0 saturated heterocycles. The molecule has 0 aliphatic carbocycles. The molecule has 3 rings (SSSR count). The molecule has 0 amide bonds. The first kappa shape index (κ1) is 21.7. The van der Waals surface area contributed by atoms with Crippen LogP contribution in [0.1, 0.15) is 50.9 Å². The second-order valence-electron chi connectivity index (χ2n) is 7.34. The third-order valence-corrected chi connectivity index (χ3v) is 6.84. The lowest BCUT2D eigenvalue weighted by Gasteiger charge is -2.23. The van der Waals surface area contributed by atoms with Crippen molar-refractivity contribution >= 4 is 28.9 Å². The van der Waals surface area contributed by atoms with Crippen LogP contribution in [0.25, 0.3) is 0 Å². The molecule has 1 unspecified atom stereocenters. The molecule has 29 heavy (non-hydrogen) atoms. The van der Waals surface area contributed by atoms with Gasteiger partial charge in [-0.1, -0.05) is 49.0 Å². The Kier molecular flexibility index (Phi) is 7.27. The number of hydrogen-bond acceptors (Lipinski definition) is 6. The summed E-state index contributed by atoms with van der Waals surface area (Å²) in [6.45, 7) is 6.90. The van der Waals surface area contributed by atoms with Crippen molar-refractivity contribution in [2.75, 3.05) is 19.8 Å². The van der Waals surface area contributed by atoms with Crippen molar-refractivity contribution in [3.8, 4) is 0 Å². The molecule has 5 nitrogen and oxygen atoms in total. The second-order valence-corrected chi connectivity index (χ2v) is 9.74. The van der Waals surface area contributed by atoms with Crippen molar-refractivity contribution in [2.45, 2.75) is 44.9 Å². The smallest absolute Gasteiger partial charge is 0.192 e. The highest BCUT2D eigenvalue weighted by atomic mass is 32.2. The Balaban J connectivity index is 1.86. The highest BCUT2D eigenvalue weighted by Gasteiger charge is 2.23. The number of nitrogens with zero attached hydrogens (tertiary/aromatic N) is 4. The zero-order valence-electron chi connectivity index (χ0n) is 17.7. The first-order chi connectivity index (χ1) is 13.9. The van der Waals surface area contributed by atoms with Gasteiger partial charge in [0, 0.05) is 15.3 Å². The van der Waals surface area contributed by atoms with Crippen LogP contribution >= 0.6 is 23.1 Å². The molecule has 0 spiro atoms. The highest BCUT2D eigenvalue weighted by molar-refractivity contribution is 7.99. The maximum atomic E-state index is 12.7. The summed E-state index contributed by atoms with van der Waals surface area (Å²) in [5, 5.41) is 9.77. The summed E-state index contributed by atoms with van der Waals surface area (Å²) < 4.78 is 2.16. The van der Waals surface area contributed by atoms with E-state index in [4.69, 9.17) is 0 Å². The van der Waals surface area contributed by atoms with Crippen molar-refractivity contribution in [1.29, 1.82) is 0 Å². The standard InChI is InChI=1S/C22H28N4OS2/c1-6-19(25(4)5)21-23-24-22(26(21)13-17-10-8-7-9-11-17)28-14-20(27)18-12-15(2)29-16(18)3/h7-12,19H,6,13-14H2,1-5H3. The molecule has 0 bridgehead atoms. The molecular weight excluding hydrogens is 400 g/mol. The van der Waals surface area contributed by atoms with Crippen molar-refractivity contribution < 1.29 is 4.79 Å². The van der Waals surface area contributed by atoms with E-state index in [1.165, 1.54) is 22.2 Å². The third kappa shape index (κ3) is 5.15. The fraction of sp³-hybridized carbons (Fsp3) is 0.409. The Morgan fingerprint density at radius 2 is 1.93 bits per heavy atom.